The van der Waals surface area contributed by atoms with E-state index in [4.69, 9.17) is 13.8 Å². The number of rotatable bonds is 7. The van der Waals surface area contributed by atoms with Gasteiger partial charge in [0, 0.05) is 33.4 Å². The Balaban J connectivity index is 0.948. The summed E-state index contributed by atoms with van der Waals surface area (Å²) < 4.78 is 12.9. The monoisotopic (exact) mass is 732 g/mol. The number of furan rings is 1. The zero-order valence-corrected chi connectivity index (χ0v) is 31.0. The van der Waals surface area contributed by atoms with Crippen molar-refractivity contribution in [3.05, 3.63) is 212 Å². The van der Waals surface area contributed by atoms with Crippen molar-refractivity contribution in [1.29, 1.82) is 0 Å². The minimum Gasteiger partial charge on any atom is -0.455 e. The van der Waals surface area contributed by atoms with Crippen LogP contribution in [-0.4, -0.2) is 4.98 Å². The van der Waals surface area contributed by atoms with Crippen molar-refractivity contribution in [2.24, 2.45) is 0 Å². The Labute approximate surface area is 330 Å². The van der Waals surface area contributed by atoms with Gasteiger partial charge < -0.3 is 13.7 Å². The summed E-state index contributed by atoms with van der Waals surface area (Å²) in [5, 5.41) is 4.62. The van der Waals surface area contributed by atoms with Crippen LogP contribution >= 0.6 is 0 Å². The number of aromatic nitrogens is 1. The van der Waals surface area contributed by atoms with Gasteiger partial charge in [-0.1, -0.05) is 133 Å². The molecule has 2 heterocycles. The van der Waals surface area contributed by atoms with Gasteiger partial charge in [-0.25, -0.2) is 4.98 Å². The zero-order chi connectivity index (χ0) is 37.7. The number of hydrogen-bond donors (Lipinski definition) is 0. The Hall–Kier alpha value is -7.43. The van der Waals surface area contributed by atoms with E-state index < -0.39 is 0 Å². The van der Waals surface area contributed by atoms with Crippen molar-refractivity contribution in [2.45, 2.75) is 12.3 Å². The quantitative estimate of drug-likeness (QED) is 0.164. The van der Waals surface area contributed by atoms with Crippen molar-refractivity contribution >= 4 is 66.4 Å². The first-order chi connectivity index (χ1) is 28.2. The average molecular weight is 733 g/mol. The van der Waals surface area contributed by atoms with Crippen LogP contribution in [-0.2, 0) is 0 Å². The summed E-state index contributed by atoms with van der Waals surface area (Å²) in [5.41, 5.74) is 13.7. The first-order valence-corrected chi connectivity index (χ1v) is 19.5. The van der Waals surface area contributed by atoms with Crippen LogP contribution in [0.15, 0.2) is 209 Å². The summed E-state index contributed by atoms with van der Waals surface area (Å²) in [4.78, 5) is 7.08. The van der Waals surface area contributed by atoms with E-state index in [-0.39, 0.29) is 5.92 Å². The molecule has 1 atom stereocenters. The molecule has 0 fully saturated rings. The number of benzene rings is 8. The predicted octanol–water partition coefficient (Wildman–Crippen LogP) is 14.8. The maximum Gasteiger partial charge on any atom is 0.202 e. The highest BCUT2D eigenvalue weighted by atomic mass is 16.3. The maximum absolute atomic E-state index is 6.76. The van der Waals surface area contributed by atoms with Gasteiger partial charge in [0.2, 0.25) is 5.89 Å². The molecule has 2 aromatic heterocycles. The van der Waals surface area contributed by atoms with E-state index in [0.29, 0.717) is 0 Å². The van der Waals surface area contributed by atoms with Gasteiger partial charge in [-0.3, -0.25) is 0 Å². The number of allylic oxidation sites excluding steroid dienone is 4. The molecule has 1 aliphatic rings. The molecule has 8 aromatic carbocycles. The average Bonchev–Trinajstić information content (AvgIpc) is 3.90. The molecule has 270 valence electrons. The van der Waals surface area contributed by atoms with Gasteiger partial charge in [0.1, 0.15) is 16.7 Å². The molecule has 0 N–H and O–H groups in total. The summed E-state index contributed by atoms with van der Waals surface area (Å²) in [6.07, 6.45) is 7.50. The smallest absolute Gasteiger partial charge is 0.202 e. The van der Waals surface area contributed by atoms with Gasteiger partial charge in [0.15, 0.2) is 5.58 Å². The van der Waals surface area contributed by atoms with Crippen molar-refractivity contribution in [3.8, 4) is 22.3 Å². The first-order valence-electron chi connectivity index (χ1n) is 19.5. The topological polar surface area (TPSA) is 42.4 Å². The zero-order valence-electron chi connectivity index (χ0n) is 31.0. The minimum atomic E-state index is 0.0849. The molecule has 0 radical (unpaired) electrons. The maximum atomic E-state index is 6.76. The van der Waals surface area contributed by atoms with Crippen LogP contribution < -0.4 is 4.90 Å². The van der Waals surface area contributed by atoms with Crippen LogP contribution in [0.4, 0.5) is 17.1 Å². The fraction of sp³-hybridized carbons (Fsp3) is 0.0377. The molecule has 1 unspecified atom stereocenters. The highest BCUT2D eigenvalue weighted by Gasteiger charge is 2.22. The van der Waals surface area contributed by atoms with Crippen LogP contribution in [0, 0.1) is 0 Å². The Morgan fingerprint density at radius 1 is 0.509 bits per heavy atom. The number of oxazole rings is 1. The lowest BCUT2D eigenvalue weighted by molar-refractivity contribution is 0.505. The molecular formula is C53H36N2O2. The number of nitrogens with zero attached hydrogens (tertiary/aromatic N) is 2. The van der Waals surface area contributed by atoms with E-state index in [1.165, 1.54) is 21.9 Å². The molecule has 0 saturated carbocycles. The molecule has 0 saturated heterocycles. The van der Waals surface area contributed by atoms with Crippen molar-refractivity contribution in [1.82, 2.24) is 4.98 Å². The fourth-order valence-corrected chi connectivity index (χ4v) is 8.33. The van der Waals surface area contributed by atoms with Gasteiger partial charge in [0.05, 0.1) is 5.92 Å². The molecule has 10 aromatic rings. The van der Waals surface area contributed by atoms with E-state index in [0.717, 1.165) is 84.7 Å². The lowest BCUT2D eigenvalue weighted by atomic mass is 9.90. The molecule has 1 aliphatic carbocycles. The summed E-state index contributed by atoms with van der Waals surface area (Å²) in [6, 6.07) is 64.2. The summed E-state index contributed by atoms with van der Waals surface area (Å²) in [5.74, 6) is 0.836. The van der Waals surface area contributed by atoms with Crippen LogP contribution in [0.1, 0.15) is 23.8 Å². The van der Waals surface area contributed by atoms with Gasteiger partial charge >= 0.3 is 0 Å². The van der Waals surface area contributed by atoms with Gasteiger partial charge in [-0.2, -0.15) is 0 Å². The molecule has 0 aliphatic heterocycles. The predicted molar refractivity (Wildman–Crippen MR) is 235 cm³/mol. The molecule has 0 spiro atoms. The third-order valence-corrected chi connectivity index (χ3v) is 11.2. The number of fused-ring (bicyclic) bond motifs is 6. The van der Waals surface area contributed by atoms with Gasteiger partial charge in [-0.15, -0.1) is 0 Å². The lowest BCUT2D eigenvalue weighted by Gasteiger charge is -2.26. The summed E-state index contributed by atoms with van der Waals surface area (Å²) in [7, 11) is 0. The molecule has 4 nitrogen and oxygen atoms in total. The Kier molecular flexibility index (Phi) is 7.92. The Morgan fingerprint density at radius 3 is 1.88 bits per heavy atom. The highest BCUT2D eigenvalue weighted by Crippen LogP contribution is 2.43. The number of hydrogen-bond acceptors (Lipinski definition) is 4. The number of anilines is 3. The third-order valence-electron chi connectivity index (χ3n) is 11.2. The summed E-state index contributed by atoms with van der Waals surface area (Å²) >= 11 is 0. The molecular weight excluding hydrogens is 697 g/mol. The number of para-hydroxylation sites is 3. The van der Waals surface area contributed by atoms with Crippen LogP contribution in [0.3, 0.4) is 0 Å². The van der Waals surface area contributed by atoms with Crippen molar-refractivity contribution < 1.29 is 8.83 Å². The van der Waals surface area contributed by atoms with E-state index in [9.17, 15) is 0 Å². The van der Waals surface area contributed by atoms with Crippen LogP contribution in [0.5, 0.6) is 0 Å². The Bertz CT molecular complexity index is 3100. The SMILES string of the molecule is C1=CC(c2nc3ccccc3o2)CC=C1c1cc2ccccc2c2c1oc1ccc(-c3ccc(N(c4ccccc4)c4ccc(-c5ccccc5)cc4)cc3)cc12. The molecule has 4 heteroatoms. The minimum absolute atomic E-state index is 0.0849. The van der Waals surface area contributed by atoms with E-state index in [1.807, 2.05) is 24.3 Å². The molecule has 0 bridgehead atoms. The van der Waals surface area contributed by atoms with E-state index >= 15 is 0 Å². The molecule has 11 rings (SSSR count). The van der Waals surface area contributed by atoms with Crippen molar-refractivity contribution in [2.75, 3.05) is 4.90 Å². The largest absolute Gasteiger partial charge is 0.455 e. The van der Waals surface area contributed by atoms with E-state index in [1.54, 1.807) is 0 Å². The fourth-order valence-electron chi connectivity index (χ4n) is 8.33. The second-order valence-electron chi connectivity index (χ2n) is 14.7. The molecule has 0 amide bonds. The highest BCUT2D eigenvalue weighted by molar-refractivity contribution is 6.22. The second-order valence-corrected chi connectivity index (χ2v) is 14.7. The lowest BCUT2D eigenvalue weighted by Crippen LogP contribution is -2.09. The van der Waals surface area contributed by atoms with E-state index in [2.05, 4.69) is 181 Å². The van der Waals surface area contributed by atoms with Crippen molar-refractivity contribution in [3.63, 3.8) is 0 Å². The summed E-state index contributed by atoms with van der Waals surface area (Å²) in [6.45, 7) is 0. The van der Waals surface area contributed by atoms with Crippen LogP contribution in [0.2, 0.25) is 0 Å². The molecule has 57 heavy (non-hydrogen) atoms. The Morgan fingerprint density at radius 2 is 1.14 bits per heavy atom. The van der Waals surface area contributed by atoms with Crippen LogP contribution in [0.25, 0.3) is 71.6 Å². The van der Waals surface area contributed by atoms with Gasteiger partial charge in [0.25, 0.3) is 0 Å². The standard InChI is InChI=1S/C53H36N2O2/c1-3-11-35(12-4-1)36-23-28-43(29-24-36)55(42-14-5-2-6-15-42)44-30-25-37(26-31-44)40-27-32-49-47(33-40)51-45-16-8-7-13-41(45)34-46(52(51)56-49)38-19-21-39(22-20-38)53-54-48-17-9-10-18-50(48)57-53/h1-21,23-34,39H,22H2. The van der Waals surface area contributed by atoms with Gasteiger partial charge in [-0.05, 0) is 112 Å². The third kappa shape index (κ3) is 5.90. The normalized spacial score (nSPS) is 14.1. The second kappa shape index (κ2) is 13.7. The first kappa shape index (κ1) is 33.0.